The first-order valence-electron chi connectivity index (χ1n) is 10.2. The molecule has 31 heavy (non-hydrogen) atoms. The summed E-state index contributed by atoms with van der Waals surface area (Å²) in [5.41, 5.74) is 9.49. The summed E-state index contributed by atoms with van der Waals surface area (Å²) in [6.45, 7) is 4.28. The van der Waals surface area contributed by atoms with Crippen LogP contribution in [0.1, 0.15) is 4.88 Å². The molecule has 1 saturated heterocycles. The van der Waals surface area contributed by atoms with Crippen molar-refractivity contribution in [1.29, 1.82) is 5.41 Å². The number of nitrogens with two attached hydrogens (primary N) is 1. The lowest BCUT2D eigenvalue weighted by molar-refractivity contribution is 0.313. The number of thiophene rings is 1. The van der Waals surface area contributed by atoms with Crippen LogP contribution in [0, 0.1) is 5.41 Å². The SMILES string of the molecule is CN1CCN(c2ccc(Nc3ncc(-c4ccc(C(=N)N)s4)n4ccnc34)cc2)CC1. The van der Waals surface area contributed by atoms with E-state index in [0.29, 0.717) is 5.82 Å². The van der Waals surface area contributed by atoms with Gasteiger partial charge in [0.2, 0.25) is 0 Å². The number of fused-ring (bicyclic) bond motifs is 1. The van der Waals surface area contributed by atoms with Gasteiger partial charge >= 0.3 is 0 Å². The molecule has 4 N–H and O–H groups in total. The highest BCUT2D eigenvalue weighted by Crippen LogP contribution is 2.30. The van der Waals surface area contributed by atoms with Gasteiger partial charge in [-0.3, -0.25) is 9.81 Å². The average Bonchev–Trinajstić information content (AvgIpc) is 3.46. The van der Waals surface area contributed by atoms with Gasteiger partial charge in [0.15, 0.2) is 11.5 Å². The van der Waals surface area contributed by atoms with Crippen LogP contribution in [0.4, 0.5) is 17.2 Å². The van der Waals surface area contributed by atoms with Crippen molar-refractivity contribution in [2.75, 3.05) is 43.4 Å². The monoisotopic (exact) mass is 432 g/mol. The molecule has 0 aliphatic carbocycles. The van der Waals surface area contributed by atoms with E-state index in [4.69, 9.17) is 11.1 Å². The van der Waals surface area contributed by atoms with Crippen LogP contribution < -0.4 is 16.0 Å². The number of amidine groups is 1. The molecule has 0 amide bonds. The number of nitrogens with zero attached hydrogens (tertiary/aromatic N) is 5. The van der Waals surface area contributed by atoms with E-state index >= 15 is 0 Å². The molecule has 4 aromatic rings. The number of hydrogen-bond acceptors (Lipinski definition) is 7. The molecule has 0 spiro atoms. The van der Waals surface area contributed by atoms with Crippen LogP contribution in [0.3, 0.4) is 0 Å². The summed E-state index contributed by atoms with van der Waals surface area (Å²) in [4.78, 5) is 15.6. The molecule has 1 aliphatic heterocycles. The first-order chi connectivity index (χ1) is 15.1. The van der Waals surface area contributed by atoms with Crippen molar-refractivity contribution in [1.82, 2.24) is 19.3 Å². The zero-order valence-corrected chi connectivity index (χ0v) is 18.1. The standard InChI is InChI=1S/C22H24N8S/c1-28-10-12-29(13-11-28)16-4-2-15(3-5-16)27-21-22-25-8-9-30(22)17(14-26-21)18-6-7-19(31-18)20(23)24/h2-9,14H,10-13H2,1H3,(H3,23,24)(H,26,27). The molecule has 1 aromatic carbocycles. The van der Waals surface area contributed by atoms with Crippen LogP contribution in [0.5, 0.6) is 0 Å². The molecular weight excluding hydrogens is 408 g/mol. The van der Waals surface area contributed by atoms with Gasteiger partial charge < -0.3 is 20.9 Å². The van der Waals surface area contributed by atoms with E-state index in [9.17, 15) is 0 Å². The largest absolute Gasteiger partial charge is 0.383 e. The molecule has 0 bridgehead atoms. The maximum Gasteiger partial charge on any atom is 0.180 e. The molecule has 5 rings (SSSR count). The van der Waals surface area contributed by atoms with Gasteiger partial charge in [-0.05, 0) is 43.4 Å². The molecule has 1 fully saturated rings. The number of piperazine rings is 1. The number of anilines is 3. The Morgan fingerprint density at radius 3 is 2.55 bits per heavy atom. The van der Waals surface area contributed by atoms with Crippen LogP contribution in [0.15, 0.2) is 55.0 Å². The Morgan fingerprint density at radius 1 is 1.06 bits per heavy atom. The van der Waals surface area contributed by atoms with Crippen LogP contribution in [0.2, 0.25) is 0 Å². The second-order valence-corrected chi connectivity index (χ2v) is 8.74. The van der Waals surface area contributed by atoms with Crippen molar-refractivity contribution in [2.24, 2.45) is 5.73 Å². The topological polar surface area (TPSA) is 98.6 Å². The summed E-state index contributed by atoms with van der Waals surface area (Å²) in [6.07, 6.45) is 5.51. The maximum atomic E-state index is 7.63. The third kappa shape index (κ3) is 3.85. The highest BCUT2D eigenvalue weighted by atomic mass is 32.1. The van der Waals surface area contributed by atoms with Crippen molar-refractivity contribution in [3.8, 4) is 10.6 Å². The minimum atomic E-state index is 0.0735. The lowest BCUT2D eigenvalue weighted by atomic mass is 10.2. The Kier molecular flexibility index (Phi) is 5.05. The fourth-order valence-electron chi connectivity index (χ4n) is 3.77. The number of nitrogens with one attached hydrogen (secondary N) is 2. The minimum Gasteiger partial charge on any atom is -0.383 e. The summed E-state index contributed by atoms with van der Waals surface area (Å²) < 4.78 is 2.00. The molecule has 8 nitrogen and oxygen atoms in total. The summed E-state index contributed by atoms with van der Waals surface area (Å²) in [5.74, 6) is 0.772. The van der Waals surface area contributed by atoms with Crippen LogP contribution in [-0.2, 0) is 0 Å². The molecule has 4 heterocycles. The van der Waals surface area contributed by atoms with Gasteiger partial charge in [-0.1, -0.05) is 0 Å². The van der Waals surface area contributed by atoms with Gasteiger partial charge in [-0.2, -0.15) is 0 Å². The maximum absolute atomic E-state index is 7.63. The highest BCUT2D eigenvalue weighted by Gasteiger charge is 2.15. The van der Waals surface area contributed by atoms with Gasteiger partial charge in [0.05, 0.1) is 21.6 Å². The predicted molar refractivity (Wildman–Crippen MR) is 127 cm³/mol. The third-order valence-electron chi connectivity index (χ3n) is 5.55. The van der Waals surface area contributed by atoms with Gasteiger partial charge in [-0.25, -0.2) is 9.97 Å². The van der Waals surface area contributed by atoms with E-state index in [1.165, 1.54) is 17.0 Å². The number of likely N-dealkylation sites (N-methyl/N-ethyl adjacent to an activating group) is 1. The molecular formula is C22H24N8S. The summed E-state index contributed by atoms with van der Waals surface area (Å²) in [6, 6.07) is 12.3. The Morgan fingerprint density at radius 2 is 1.84 bits per heavy atom. The Hall–Kier alpha value is -3.43. The van der Waals surface area contributed by atoms with Crippen molar-refractivity contribution >= 4 is 40.0 Å². The second-order valence-electron chi connectivity index (χ2n) is 7.65. The Balaban J connectivity index is 1.39. The minimum absolute atomic E-state index is 0.0735. The molecule has 1 aliphatic rings. The zero-order chi connectivity index (χ0) is 21.4. The zero-order valence-electron chi connectivity index (χ0n) is 17.2. The fourth-order valence-corrected chi connectivity index (χ4v) is 4.64. The van der Waals surface area contributed by atoms with Gasteiger partial charge in [0, 0.05) is 49.9 Å². The molecule has 3 aromatic heterocycles. The van der Waals surface area contributed by atoms with Crippen LogP contribution in [0.25, 0.3) is 16.2 Å². The first-order valence-corrected chi connectivity index (χ1v) is 11.0. The normalized spacial score (nSPS) is 14.8. The summed E-state index contributed by atoms with van der Waals surface area (Å²) in [5, 5.41) is 11.0. The second kappa shape index (κ2) is 8.01. The van der Waals surface area contributed by atoms with Crippen LogP contribution in [-0.4, -0.2) is 58.3 Å². The molecule has 158 valence electrons. The van der Waals surface area contributed by atoms with Crippen molar-refractivity contribution in [2.45, 2.75) is 0 Å². The number of imidazole rings is 1. The molecule has 0 saturated carbocycles. The summed E-state index contributed by atoms with van der Waals surface area (Å²) in [7, 11) is 2.17. The number of benzene rings is 1. The van der Waals surface area contributed by atoms with Crippen molar-refractivity contribution in [3.05, 3.63) is 59.9 Å². The smallest absolute Gasteiger partial charge is 0.180 e. The quantitative estimate of drug-likeness (QED) is 0.331. The van der Waals surface area contributed by atoms with E-state index in [1.807, 2.05) is 28.9 Å². The van der Waals surface area contributed by atoms with Crippen molar-refractivity contribution < 1.29 is 0 Å². The summed E-state index contributed by atoms with van der Waals surface area (Å²) >= 11 is 1.47. The lowest BCUT2D eigenvalue weighted by Gasteiger charge is -2.34. The van der Waals surface area contributed by atoms with E-state index < -0.39 is 0 Å². The van der Waals surface area contributed by atoms with Gasteiger partial charge in [0.25, 0.3) is 0 Å². The predicted octanol–water partition coefficient (Wildman–Crippen LogP) is 3.24. The van der Waals surface area contributed by atoms with Gasteiger partial charge in [-0.15, -0.1) is 11.3 Å². The number of hydrogen-bond donors (Lipinski definition) is 3. The first kappa shape index (κ1) is 19.5. The fraction of sp³-hybridized carbons (Fsp3) is 0.227. The molecule has 0 radical (unpaired) electrons. The third-order valence-corrected chi connectivity index (χ3v) is 6.69. The highest BCUT2D eigenvalue weighted by molar-refractivity contribution is 7.17. The lowest BCUT2D eigenvalue weighted by Crippen LogP contribution is -2.44. The molecule has 0 atom stereocenters. The number of rotatable bonds is 5. The van der Waals surface area contributed by atoms with Gasteiger partial charge in [0.1, 0.15) is 5.84 Å². The Labute approximate surface area is 184 Å². The van der Waals surface area contributed by atoms with E-state index in [0.717, 1.165) is 53.0 Å². The van der Waals surface area contributed by atoms with Crippen LogP contribution >= 0.6 is 11.3 Å². The Bertz CT molecular complexity index is 1220. The number of aromatic nitrogens is 3. The molecule has 9 heteroatoms. The average molecular weight is 433 g/mol. The number of nitrogen functional groups attached to an aromatic ring is 1. The molecule has 0 unspecified atom stereocenters. The van der Waals surface area contributed by atoms with E-state index in [-0.39, 0.29) is 5.84 Å². The van der Waals surface area contributed by atoms with E-state index in [1.54, 1.807) is 6.20 Å². The van der Waals surface area contributed by atoms with Crippen molar-refractivity contribution in [3.63, 3.8) is 0 Å². The van der Waals surface area contributed by atoms with E-state index in [2.05, 4.69) is 56.4 Å².